The average Bonchev–Trinajstić information content (AvgIpc) is 2.98. The number of ether oxygens (including phenoxy) is 1. The van der Waals surface area contributed by atoms with Gasteiger partial charge in [-0.2, -0.15) is 0 Å². The lowest BCUT2D eigenvalue weighted by molar-refractivity contribution is -0.140. The Balaban J connectivity index is 2.19. The van der Waals surface area contributed by atoms with Crippen LogP contribution < -0.4 is 0 Å². The lowest BCUT2D eigenvalue weighted by Crippen LogP contribution is -2.31. The maximum Gasteiger partial charge on any atom is 0.295 e. The van der Waals surface area contributed by atoms with E-state index in [4.69, 9.17) is 4.74 Å². The fraction of sp³-hybridized carbons (Fsp3) is 0.385. The van der Waals surface area contributed by atoms with E-state index in [9.17, 15) is 19.1 Å². The van der Waals surface area contributed by atoms with Crippen molar-refractivity contribution >= 4 is 17.4 Å². The Morgan fingerprint density at radius 1 is 1.12 bits per heavy atom. The second-order valence-corrected chi connectivity index (χ2v) is 9.17. The molecule has 1 unspecified atom stereocenters. The smallest absolute Gasteiger partial charge is 0.295 e. The van der Waals surface area contributed by atoms with Crippen molar-refractivity contribution in [2.24, 2.45) is 0 Å². The molecule has 2 aromatic rings. The molecule has 3 rings (SSSR count). The minimum absolute atomic E-state index is 0.0215. The van der Waals surface area contributed by atoms with Gasteiger partial charge < -0.3 is 14.7 Å². The maximum absolute atomic E-state index is 13.6. The highest BCUT2D eigenvalue weighted by Gasteiger charge is 2.46. The van der Waals surface area contributed by atoms with Crippen LogP contribution in [0.3, 0.4) is 0 Å². The largest absolute Gasteiger partial charge is 0.507 e. The summed E-state index contributed by atoms with van der Waals surface area (Å²) in [6, 6.07) is 10.6. The van der Waals surface area contributed by atoms with Crippen LogP contribution in [0.4, 0.5) is 4.39 Å². The number of aliphatic hydroxyl groups excluding tert-OH is 1. The lowest BCUT2D eigenvalue weighted by atomic mass is 9.84. The zero-order valence-corrected chi connectivity index (χ0v) is 19.2. The standard InChI is InChI=1S/C26H30FNO4/c1-16-7-10-18(26(2,3)4)15-20(16)23(29)21-22(17-8-11-19(27)12-9-17)28(13-6-14-32-5)25(31)24(21)30/h7-12,15,22,29H,6,13-14H2,1-5H3/b23-21+. The SMILES string of the molecule is COCCCN1C(=O)C(=O)/C(=C(/O)c2cc(C(C)(C)C)ccc2C)C1c1ccc(F)cc1. The molecule has 0 saturated carbocycles. The Kier molecular flexibility index (Phi) is 6.84. The number of ketones is 1. The predicted octanol–water partition coefficient (Wildman–Crippen LogP) is 4.89. The van der Waals surface area contributed by atoms with Crippen LogP contribution in [0.5, 0.6) is 0 Å². The Labute approximate surface area is 188 Å². The monoisotopic (exact) mass is 439 g/mol. The second kappa shape index (κ2) is 9.25. The summed E-state index contributed by atoms with van der Waals surface area (Å²) in [6.07, 6.45) is 0.528. The molecule has 1 N–H and O–H groups in total. The van der Waals surface area contributed by atoms with Gasteiger partial charge in [-0.3, -0.25) is 9.59 Å². The Morgan fingerprint density at radius 3 is 2.38 bits per heavy atom. The summed E-state index contributed by atoms with van der Waals surface area (Å²) in [5.41, 5.74) is 2.73. The Bertz CT molecular complexity index is 1050. The number of hydrogen-bond donors (Lipinski definition) is 1. The van der Waals surface area contributed by atoms with Crippen LogP contribution in [-0.2, 0) is 19.7 Å². The number of halogens is 1. The van der Waals surface area contributed by atoms with Crippen molar-refractivity contribution in [1.82, 2.24) is 4.90 Å². The number of carbonyl (C=O) groups excluding carboxylic acids is 2. The molecule has 1 aliphatic heterocycles. The molecule has 2 aromatic carbocycles. The van der Waals surface area contributed by atoms with Gasteiger partial charge in [0, 0.05) is 25.8 Å². The zero-order valence-electron chi connectivity index (χ0n) is 19.2. The fourth-order valence-electron chi connectivity index (χ4n) is 3.97. The first kappa shape index (κ1) is 23.7. The van der Waals surface area contributed by atoms with Crippen LogP contribution in [0.1, 0.15) is 55.5 Å². The maximum atomic E-state index is 13.6. The van der Waals surface area contributed by atoms with Gasteiger partial charge >= 0.3 is 0 Å². The van der Waals surface area contributed by atoms with Crippen molar-refractivity contribution in [3.05, 3.63) is 76.1 Å². The summed E-state index contributed by atoms with van der Waals surface area (Å²) in [5, 5.41) is 11.3. The Hall–Kier alpha value is -2.99. The first-order chi connectivity index (χ1) is 15.1. The molecule has 5 nitrogen and oxygen atoms in total. The number of hydrogen-bond acceptors (Lipinski definition) is 4. The van der Waals surface area contributed by atoms with E-state index in [0.29, 0.717) is 24.2 Å². The van der Waals surface area contributed by atoms with Crippen LogP contribution in [0.2, 0.25) is 0 Å². The molecule has 1 heterocycles. The molecular weight excluding hydrogens is 409 g/mol. The fourth-order valence-corrected chi connectivity index (χ4v) is 3.97. The van der Waals surface area contributed by atoms with Gasteiger partial charge in [0.2, 0.25) is 0 Å². The van der Waals surface area contributed by atoms with Crippen LogP contribution in [0, 0.1) is 12.7 Å². The molecule has 1 fully saturated rings. The number of rotatable bonds is 6. The summed E-state index contributed by atoms with van der Waals surface area (Å²) in [7, 11) is 1.57. The van der Waals surface area contributed by atoms with Gasteiger partial charge in [0.05, 0.1) is 11.6 Å². The quantitative estimate of drug-likeness (QED) is 0.301. The molecule has 1 atom stereocenters. The third kappa shape index (κ3) is 4.60. The summed E-state index contributed by atoms with van der Waals surface area (Å²) >= 11 is 0. The van der Waals surface area contributed by atoms with Crippen molar-refractivity contribution in [1.29, 1.82) is 0 Å². The number of aryl methyl sites for hydroxylation is 1. The van der Waals surface area contributed by atoms with E-state index in [1.54, 1.807) is 19.2 Å². The molecule has 32 heavy (non-hydrogen) atoms. The van der Waals surface area contributed by atoms with Crippen molar-refractivity contribution in [3.63, 3.8) is 0 Å². The predicted molar refractivity (Wildman–Crippen MR) is 122 cm³/mol. The highest BCUT2D eigenvalue weighted by molar-refractivity contribution is 6.46. The van der Waals surface area contributed by atoms with Crippen LogP contribution in [-0.4, -0.2) is 42.0 Å². The molecular formula is C26H30FNO4. The highest BCUT2D eigenvalue weighted by atomic mass is 19.1. The van der Waals surface area contributed by atoms with Crippen molar-refractivity contribution in [2.75, 3.05) is 20.3 Å². The first-order valence-electron chi connectivity index (χ1n) is 10.7. The van der Waals surface area contributed by atoms with Gasteiger partial charge in [0.15, 0.2) is 0 Å². The number of methoxy groups -OCH3 is 1. The topological polar surface area (TPSA) is 66.8 Å². The van der Waals surface area contributed by atoms with Gasteiger partial charge in [-0.25, -0.2) is 4.39 Å². The summed E-state index contributed by atoms with van der Waals surface area (Å²) in [4.78, 5) is 27.4. The molecule has 6 heteroatoms. The second-order valence-electron chi connectivity index (χ2n) is 9.17. The van der Waals surface area contributed by atoms with Crippen LogP contribution in [0.15, 0.2) is 48.0 Å². The minimum atomic E-state index is -0.801. The molecule has 1 saturated heterocycles. The molecule has 0 radical (unpaired) electrons. The highest BCUT2D eigenvalue weighted by Crippen LogP contribution is 2.40. The van der Waals surface area contributed by atoms with E-state index < -0.39 is 23.5 Å². The van der Waals surface area contributed by atoms with E-state index in [-0.39, 0.29) is 23.3 Å². The number of likely N-dealkylation sites (tertiary alicyclic amines) is 1. The third-order valence-corrected chi connectivity index (χ3v) is 5.83. The molecule has 1 amide bonds. The molecule has 0 bridgehead atoms. The van der Waals surface area contributed by atoms with Crippen LogP contribution in [0.25, 0.3) is 5.76 Å². The third-order valence-electron chi connectivity index (χ3n) is 5.83. The molecule has 170 valence electrons. The Morgan fingerprint density at radius 2 is 1.78 bits per heavy atom. The molecule has 0 spiro atoms. The average molecular weight is 440 g/mol. The number of aliphatic hydroxyl groups is 1. The number of amides is 1. The van der Waals surface area contributed by atoms with Gasteiger partial charge in [-0.05, 0) is 53.6 Å². The summed E-state index contributed by atoms with van der Waals surface area (Å²) < 4.78 is 18.7. The van der Waals surface area contributed by atoms with Crippen LogP contribution >= 0.6 is 0 Å². The van der Waals surface area contributed by atoms with Crippen molar-refractivity contribution < 1.29 is 23.8 Å². The van der Waals surface area contributed by atoms with Crippen molar-refractivity contribution in [2.45, 2.75) is 45.6 Å². The molecule has 1 aliphatic rings. The number of benzene rings is 2. The lowest BCUT2D eigenvalue weighted by Gasteiger charge is -2.26. The normalized spacial score (nSPS) is 18.4. The first-order valence-corrected chi connectivity index (χ1v) is 10.7. The number of nitrogens with zero attached hydrogens (tertiary/aromatic N) is 1. The number of Topliss-reactive ketones (excluding diaryl/α,β-unsaturated/α-hetero) is 1. The van der Waals surface area contributed by atoms with E-state index in [1.165, 1.54) is 17.0 Å². The minimum Gasteiger partial charge on any atom is -0.507 e. The van der Waals surface area contributed by atoms with E-state index in [0.717, 1.165) is 11.1 Å². The van der Waals surface area contributed by atoms with E-state index in [1.807, 2.05) is 25.1 Å². The van der Waals surface area contributed by atoms with E-state index >= 15 is 0 Å². The summed E-state index contributed by atoms with van der Waals surface area (Å²) in [5.74, 6) is -2.05. The summed E-state index contributed by atoms with van der Waals surface area (Å²) in [6.45, 7) is 8.74. The molecule has 0 aliphatic carbocycles. The zero-order chi connectivity index (χ0) is 23.6. The molecule has 0 aromatic heterocycles. The van der Waals surface area contributed by atoms with Crippen molar-refractivity contribution in [3.8, 4) is 0 Å². The van der Waals surface area contributed by atoms with Gasteiger partial charge in [-0.1, -0.05) is 45.0 Å². The van der Waals surface area contributed by atoms with Gasteiger partial charge in [-0.15, -0.1) is 0 Å². The number of carbonyl (C=O) groups is 2. The van der Waals surface area contributed by atoms with E-state index in [2.05, 4.69) is 20.8 Å². The van der Waals surface area contributed by atoms with Gasteiger partial charge in [0.25, 0.3) is 11.7 Å². The van der Waals surface area contributed by atoms with Gasteiger partial charge in [0.1, 0.15) is 11.6 Å².